The molecule has 0 amide bonds. The van der Waals surface area contributed by atoms with Crippen LogP contribution < -0.4 is 123 Å². The van der Waals surface area contributed by atoms with Gasteiger partial charge in [-0.05, 0) is 0 Å². The average molecular weight is 422 g/mol. The largest absolute Gasteiger partial charge is 1.00 e. The first-order valence-electron chi connectivity index (χ1n) is 0. The van der Waals surface area contributed by atoms with Gasteiger partial charge in [0.05, 0.1) is 0 Å². The molecule has 0 aliphatic carbocycles. The minimum atomic E-state index is 0. The van der Waals surface area contributed by atoms with Gasteiger partial charge < -0.3 is 48.0 Å². The summed E-state index contributed by atoms with van der Waals surface area (Å²) >= 11 is 0. The zero-order valence-electron chi connectivity index (χ0n) is 2.20. The molecule has 0 saturated carbocycles. The van der Waals surface area contributed by atoms with E-state index in [4.69, 9.17) is 0 Å². The molecular formula is H2I3K. The second-order valence-corrected chi connectivity index (χ2v) is 0. The van der Waals surface area contributed by atoms with Crippen LogP contribution in [0.2, 0.25) is 0 Å². The van der Waals surface area contributed by atoms with Gasteiger partial charge in [0.1, 0.15) is 0 Å². The quantitative estimate of drug-likeness (QED) is 0.269. The first-order chi connectivity index (χ1) is 0. The molecular weight excluding hydrogens is 420 g/mol. The van der Waals surface area contributed by atoms with E-state index in [2.05, 4.69) is 0 Å². The Morgan fingerprint density at radius 1 is 0.750 bits per heavy atom. The molecule has 0 spiro atoms. The smallest absolute Gasteiger partial charge is 1.00 e. The molecule has 0 aromatic heterocycles. The van der Waals surface area contributed by atoms with Gasteiger partial charge in [0.25, 0.3) is 0 Å². The molecule has 0 aliphatic heterocycles. The van der Waals surface area contributed by atoms with Gasteiger partial charge in [-0.3, -0.25) is 0 Å². The molecule has 0 atom stereocenters. The number of hydrogen-bond acceptors (Lipinski definition) is 0. The zero-order chi connectivity index (χ0) is 0. The van der Waals surface area contributed by atoms with Gasteiger partial charge in [0, 0.05) is 0 Å². The third kappa shape index (κ3) is 9.27. The van der Waals surface area contributed by atoms with Crippen molar-refractivity contribution < 1.29 is 123 Å². The summed E-state index contributed by atoms with van der Waals surface area (Å²) in [5, 5.41) is 0. The maximum absolute atomic E-state index is 0. The first kappa shape index (κ1) is 24.9. The number of rotatable bonds is 0. The molecule has 4 heavy (non-hydrogen) atoms. The molecule has 0 heterocycles. The molecule has 0 unspecified atom stereocenters. The monoisotopic (exact) mass is 422 g/mol. The maximum atomic E-state index is 0. The normalized spacial score (nSPS) is 0. The van der Waals surface area contributed by atoms with E-state index in [1.54, 1.807) is 0 Å². The van der Waals surface area contributed by atoms with E-state index in [1.165, 1.54) is 0 Å². The summed E-state index contributed by atoms with van der Waals surface area (Å²) in [5.74, 6) is 0. The fourth-order valence-electron chi connectivity index (χ4n) is 0. The Balaban J connectivity index is 0. The Labute approximate surface area is 120 Å². The fraction of sp³-hybridized carbons (Fsp3) is 0. The van der Waals surface area contributed by atoms with E-state index < -0.39 is 0 Å². The van der Waals surface area contributed by atoms with Crippen LogP contribution in [0.4, 0.5) is 0 Å². The predicted octanol–water partition coefficient (Wildman–Crippen LogP) is -12.5. The van der Waals surface area contributed by atoms with Crippen molar-refractivity contribution in [1.29, 1.82) is 0 Å². The van der Waals surface area contributed by atoms with Crippen LogP contribution >= 0.6 is 0 Å². The minimum Gasteiger partial charge on any atom is -1.00 e. The molecule has 4 heteroatoms. The molecule has 24 valence electrons. The summed E-state index contributed by atoms with van der Waals surface area (Å²) in [6.45, 7) is 0. The number of hydrogen-bond donors (Lipinski definition) is 0. The second kappa shape index (κ2) is 15.8. The molecule has 0 bridgehead atoms. The summed E-state index contributed by atoms with van der Waals surface area (Å²) in [6.07, 6.45) is 0. The zero-order valence-corrected chi connectivity index (χ0v) is 12.2. The number of halogens is 3. The Hall–Kier alpha value is 3.83. The van der Waals surface area contributed by atoms with Gasteiger partial charge in [0.15, 0.2) is 0 Å². The van der Waals surface area contributed by atoms with Crippen LogP contribution in [0.3, 0.4) is 0 Å². The average Bonchev–Trinajstić information content (AvgIpc) is 0. The van der Waals surface area contributed by atoms with Crippen molar-refractivity contribution in [2.75, 3.05) is 0 Å². The van der Waals surface area contributed by atoms with Crippen molar-refractivity contribution in [3.8, 4) is 0 Å². The van der Waals surface area contributed by atoms with E-state index in [-0.39, 0.29) is 123 Å². The SMILES string of the molecule is [I-].[I-].[IH2+].[K+]. The van der Waals surface area contributed by atoms with E-state index in [1.807, 2.05) is 0 Å². The van der Waals surface area contributed by atoms with E-state index >= 15 is 0 Å². The molecule has 0 nitrogen and oxygen atoms in total. The first-order valence-corrected chi connectivity index (χ1v) is 0. The molecule has 0 aliphatic rings. The van der Waals surface area contributed by atoms with Gasteiger partial charge in [-0.25, -0.2) is 0 Å². The third-order valence-corrected chi connectivity index (χ3v) is 0. The van der Waals surface area contributed by atoms with E-state index in [0.29, 0.717) is 0 Å². The molecule has 0 aromatic carbocycles. The van der Waals surface area contributed by atoms with Crippen LogP contribution in [0.25, 0.3) is 0 Å². The Bertz CT molecular complexity index is 3.25. The van der Waals surface area contributed by atoms with E-state index in [0.717, 1.165) is 0 Å². The van der Waals surface area contributed by atoms with Crippen LogP contribution in [-0.2, 0) is 0 Å². The molecule has 0 rings (SSSR count). The molecule has 0 fully saturated rings. The maximum Gasteiger partial charge on any atom is 1.00 e. The summed E-state index contributed by atoms with van der Waals surface area (Å²) in [4.78, 5) is 0. The summed E-state index contributed by atoms with van der Waals surface area (Å²) in [5.41, 5.74) is 0. The predicted molar refractivity (Wildman–Crippen MR) is 2.79 cm³/mol. The van der Waals surface area contributed by atoms with Crippen LogP contribution in [0.15, 0.2) is 0 Å². The molecule has 0 saturated heterocycles. The van der Waals surface area contributed by atoms with Gasteiger partial charge >= 0.3 is 51.4 Å². The van der Waals surface area contributed by atoms with Gasteiger partial charge in [0.2, 0.25) is 24.0 Å². The third-order valence-electron chi connectivity index (χ3n) is 0. The van der Waals surface area contributed by atoms with Crippen LogP contribution in [0, 0.1) is 0 Å². The van der Waals surface area contributed by atoms with E-state index in [9.17, 15) is 0 Å². The second-order valence-electron chi connectivity index (χ2n) is 0. The van der Waals surface area contributed by atoms with Crippen molar-refractivity contribution in [2.24, 2.45) is 0 Å². The molecule has 0 radical (unpaired) electrons. The van der Waals surface area contributed by atoms with Crippen molar-refractivity contribution in [1.82, 2.24) is 0 Å². The van der Waals surface area contributed by atoms with Crippen molar-refractivity contribution in [2.45, 2.75) is 0 Å². The fourth-order valence-corrected chi connectivity index (χ4v) is 0. The minimum absolute atomic E-state index is 0. The Morgan fingerprint density at radius 2 is 0.750 bits per heavy atom. The standard InChI is InChI=1S/H2I.2HI.K/h1H2;2*1H;/q+1;;;+1/p-2. The van der Waals surface area contributed by atoms with Gasteiger partial charge in [-0.1, -0.05) is 0 Å². The topological polar surface area (TPSA) is 0 Å². The summed E-state index contributed by atoms with van der Waals surface area (Å²) in [7, 11) is 0. The summed E-state index contributed by atoms with van der Waals surface area (Å²) in [6, 6.07) is 0. The van der Waals surface area contributed by atoms with Crippen LogP contribution in [-0.4, -0.2) is 0 Å². The Kier molecular flexibility index (Phi) is 98.6. The molecule has 0 N–H and O–H groups in total. The van der Waals surface area contributed by atoms with Crippen LogP contribution in [0.5, 0.6) is 0 Å². The van der Waals surface area contributed by atoms with Gasteiger partial charge in [-0.2, -0.15) is 0 Å². The van der Waals surface area contributed by atoms with Crippen molar-refractivity contribution >= 4 is 0 Å². The Morgan fingerprint density at radius 3 is 0.750 bits per heavy atom. The molecule has 0 aromatic rings. The van der Waals surface area contributed by atoms with Crippen LogP contribution in [0.1, 0.15) is 0 Å². The van der Waals surface area contributed by atoms with Crippen molar-refractivity contribution in [3.63, 3.8) is 0 Å². The van der Waals surface area contributed by atoms with Crippen molar-refractivity contribution in [3.05, 3.63) is 0 Å². The van der Waals surface area contributed by atoms with Gasteiger partial charge in [-0.15, -0.1) is 0 Å². The summed E-state index contributed by atoms with van der Waals surface area (Å²) < 4.78 is 0.